The molecule has 1 aliphatic heterocycles. The molecule has 0 radical (unpaired) electrons. The third-order valence-electron chi connectivity index (χ3n) is 3.52. The number of likely N-dealkylation sites (tertiary alicyclic amines) is 1. The van der Waals surface area contributed by atoms with E-state index >= 15 is 0 Å². The molecule has 2 unspecified atom stereocenters. The number of carboxylic acids is 1. The molecule has 4 nitrogen and oxygen atoms in total. The van der Waals surface area contributed by atoms with Crippen LogP contribution in [0.3, 0.4) is 0 Å². The summed E-state index contributed by atoms with van der Waals surface area (Å²) in [6, 6.07) is 4.08. The molecule has 2 atom stereocenters. The molecule has 1 aromatic heterocycles. The molecule has 1 aliphatic rings. The Morgan fingerprint density at radius 3 is 2.94 bits per heavy atom. The summed E-state index contributed by atoms with van der Waals surface area (Å²) in [4.78, 5) is 13.2. The number of aliphatic carboxylic acids is 1. The lowest BCUT2D eigenvalue weighted by atomic mass is 9.97. The average Bonchev–Trinajstić information content (AvgIpc) is 2.75. The van der Waals surface area contributed by atoms with Gasteiger partial charge in [-0.1, -0.05) is 0 Å². The minimum Gasteiger partial charge on any atom is -0.481 e. The van der Waals surface area contributed by atoms with E-state index in [1.807, 2.05) is 19.1 Å². The summed E-state index contributed by atoms with van der Waals surface area (Å²) in [5, 5.41) is 9.06. The van der Waals surface area contributed by atoms with Crippen LogP contribution in [0.2, 0.25) is 0 Å². The van der Waals surface area contributed by atoms with Crippen molar-refractivity contribution < 1.29 is 14.3 Å². The maximum atomic E-state index is 11.0. The van der Waals surface area contributed by atoms with Gasteiger partial charge in [0.1, 0.15) is 11.5 Å². The van der Waals surface area contributed by atoms with Gasteiger partial charge in [-0.15, -0.1) is 0 Å². The highest BCUT2D eigenvalue weighted by Gasteiger charge is 2.29. The van der Waals surface area contributed by atoms with E-state index in [1.54, 1.807) is 0 Å². The molecule has 0 saturated carbocycles. The van der Waals surface area contributed by atoms with Gasteiger partial charge in [0.25, 0.3) is 0 Å². The van der Waals surface area contributed by atoms with Crippen LogP contribution < -0.4 is 0 Å². The highest BCUT2D eigenvalue weighted by Crippen LogP contribution is 2.27. The van der Waals surface area contributed by atoms with Crippen molar-refractivity contribution in [2.75, 3.05) is 13.1 Å². The number of hydrogen-bond acceptors (Lipinski definition) is 3. The summed E-state index contributed by atoms with van der Waals surface area (Å²) in [5.74, 6) is 0.909. The predicted octanol–water partition coefficient (Wildman–Crippen LogP) is 2.45. The minimum atomic E-state index is -0.683. The summed E-state index contributed by atoms with van der Waals surface area (Å²) in [7, 11) is 0. The van der Waals surface area contributed by atoms with Crippen LogP contribution in [0.1, 0.15) is 37.3 Å². The summed E-state index contributed by atoms with van der Waals surface area (Å²) in [6.07, 6.45) is 1.73. The molecule has 1 fully saturated rings. The van der Waals surface area contributed by atoms with Gasteiger partial charge in [-0.25, -0.2) is 0 Å². The van der Waals surface area contributed by atoms with E-state index < -0.39 is 5.97 Å². The Morgan fingerprint density at radius 1 is 1.59 bits per heavy atom. The number of rotatable bonds is 3. The SMILES string of the molecule is Cc1ccc(C(C)N2CCCC(C(=O)O)C2)o1. The second-order valence-corrected chi connectivity index (χ2v) is 4.80. The van der Waals surface area contributed by atoms with Crippen LogP contribution in [0.15, 0.2) is 16.5 Å². The highest BCUT2D eigenvalue weighted by atomic mass is 16.4. The van der Waals surface area contributed by atoms with Gasteiger partial charge >= 0.3 is 5.97 Å². The predicted molar refractivity (Wildman–Crippen MR) is 63.8 cm³/mol. The fourth-order valence-electron chi connectivity index (χ4n) is 2.42. The van der Waals surface area contributed by atoms with Gasteiger partial charge in [-0.05, 0) is 45.4 Å². The Labute approximate surface area is 101 Å². The van der Waals surface area contributed by atoms with Crippen LogP contribution in [0, 0.1) is 12.8 Å². The van der Waals surface area contributed by atoms with Crippen LogP contribution in [-0.4, -0.2) is 29.1 Å². The molecule has 0 aromatic carbocycles. The third kappa shape index (κ3) is 2.69. The third-order valence-corrected chi connectivity index (χ3v) is 3.52. The van der Waals surface area contributed by atoms with Crippen LogP contribution >= 0.6 is 0 Å². The molecule has 1 saturated heterocycles. The maximum absolute atomic E-state index is 11.0. The van der Waals surface area contributed by atoms with Gasteiger partial charge in [0.15, 0.2) is 0 Å². The molecule has 4 heteroatoms. The lowest BCUT2D eigenvalue weighted by Crippen LogP contribution is -2.39. The van der Waals surface area contributed by atoms with E-state index in [9.17, 15) is 4.79 Å². The van der Waals surface area contributed by atoms with Gasteiger partial charge in [-0.3, -0.25) is 9.69 Å². The van der Waals surface area contributed by atoms with Crippen molar-refractivity contribution in [1.29, 1.82) is 0 Å². The fourth-order valence-corrected chi connectivity index (χ4v) is 2.42. The van der Waals surface area contributed by atoms with Crippen LogP contribution in [0.25, 0.3) is 0 Å². The number of nitrogens with zero attached hydrogens (tertiary/aromatic N) is 1. The first-order chi connectivity index (χ1) is 8.08. The Hall–Kier alpha value is -1.29. The van der Waals surface area contributed by atoms with E-state index in [0.717, 1.165) is 30.9 Å². The van der Waals surface area contributed by atoms with E-state index in [4.69, 9.17) is 9.52 Å². The zero-order valence-electron chi connectivity index (χ0n) is 10.3. The largest absolute Gasteiger partial charge is 0.481 e. The quantitative estimate of drug-likeness (QED) is 0.877. The van der Waals surface area contributed by atoms with Crippen LogP contribution in [-0.2, 0) is 4.79 Å². The number of carboxylic acid groups (broad SMARTS) is 1. The first kappa shape index (κ1) is 12.2. The average molecular weight is 237 g/mol. The molecule has 1 N–H and O–H groups in total. The second kappa shape index (κ2) is 4.92. The number of hydrogen-bond donors (Lipinski definition) is 1. The molecule has 0 aliphatic carbocycles. The van der Waals surface area contributed by atoms with Crippen molar-refractivity contribution in [2.24, 2.45) is 5.92 Å². The van der Waals surface area contributed by atoms with E-state index in [2.05, 4.69) is 11.8 Å². The number of furan rings is 1. The van der Waals surface area contributed by atoms with E-state index in [0.29, 0.717) is 6.54 Å². The molecule has 17 heavy (non-hydrogen) atoms. The molecule has 0 amide bonds. The summed E-state index contributed by atoms with van der Waals surface area (Å²) < 4.78 is 5.61. The van der Waals surface area contributed by atoms with Gasteiger partial charge in [-0.2, -0.15) is 0 Å². The van der Waals surface area contributed by atoms with Gasteiger partial charge < -0.3 is 9.52 Å². The van der Waals surface area contributed by atoms with Gasteiger partial charge in [0.2, 0.25) is 0 Å². The zero-order chi connectivity index (χ0) is 12.4. The fraction of sp³-hybridized carbons (Fsp3) is 0.615. The minimum absolute atomic E-state index is 0.158. The Balaban J connectivity index is 2.04. The van der Waals surface area contributed by atoms with Crippen molar-refractivity contribution in [3.8, 4) is 0 Å². The molecular weight excluding hydrogens is 218 g/mol. The molecule has 0 spiro atoms. The molecule has 2 rings (SSSR count). The molecule has 1 aromatic rings. The lowest BCUT2D eigenvalue weighted by molar-refractivity contribution is -0.144. The van der Waals surface area contributed by atoms with Gasteiger partial charge in [0.05, 0.1) is 12.0 Å². The first-order valence-corrected chi connectivity index (χ1v) is 6.11. The number of piperidine rings is 1. The zero-order valence-corrected chi connectivity index (χ0v) is 10.3. The second-order valence-electron chi connectivity index (χ2n) is 4.80. The highest BCUT2D eigenvalue weighted by molar-refractivity contribution is 5.70. The smallest absolute Gasteiger partial charge is 0.307 e. The summed E-state index contributed by atoms with van der Waals surface area (Å²) in [5.41, 5.74) is 0. The first-order valence-electron chi connectivity index (χ1n) is 6.11. The van der Waals surface area contributed by atoms with E-state index in [1.165, 1.54) is 0 Å². The summed E-state index contributed by atoms with van der Waals surface area (Å²) in [6.45, 7) is 5.57. The lowest BCUT2D eigenvalue weighted by Gasteiger charge is -2.34. The van der Waals surface area contributed by atoms with Gasteiger partial charge in [0, 0.05) is 6.54 Å². The van der Waals surface area contributed by atoms with Crippen molar-refractivity contribution in [3.05, 3.63) is 23.7 Å². The Bertz CT molecular complexity index is 399. The van der Waals surface area contributed by atoms with Crippen molar-refractivity contribution in [3.63, 3.8) is 0 Å². The number of carbonyl (C=O) groups is 1. The topological polar surface area (TPSA) is 53.7 Å². The van der Waals surface area contributed by atoms with Crippen LogP contribution in [0.5, 0.6) is 0 Å². The van der Waals surface area contributed by atoms with Crippen molar-refractivity contribution >= 4 is 5.97 Å². The standard InChI is InChI=1S/C13H19NO3/c1-9-5-6-12(17-9)10(2)14-7-3-4-11(8-14)13(15)16/h5-6,10-11H,3-4,7-8H2,1-2H3,(H,15,16). The maximum Gasteiger partial charge on any atom is 0.307 e. The normalized spacial score (nSPS) is 23.5. The monoisotopic (exact) mass is 237 g/mol. The Morgan fingerprint density at radius 2 is 2.35 bits per heavy atom. The van der Waals surface area contributed by atoms with Crippen molar-refractivity contribution in [1.82, 2.24) is 4.90 Å². The molecule has 94 valence electrons. The number of aryl methyl sites for hydroxylation is 1. The molecule has 0 bridgehead atoms. The molecular formula is C13H19NO3. The summed E-state index contributed by atoms with van der Waals surface area (Å²) >= 11 is 0. The van der Waals surface area contributed by atoms with Crippen LogP contribution in [0.4, 0.5) is 0 Å². The van der Waals surface area contributed by atoms with Crippen molar-refractivity contribution in [2.45, 2.75) is 32.7 Å². The Kier molecular flexibility index (Phi) is 3.52. The van der Waals surface area contributed by atoms with E-state index in [-0.39, 0.29) is 12.0 Å². The molecule has 2 heterocycles.